The van der Waals surface area contributed by atoms with E-state index in [9.17, 15) is 0 Å². The van der Waals surface area contributed by atoms with E-state index >= 15 is 0 Å². The molecule has 7 nitrogen and oxygen atoms in total. The van der Waals surface area contributed by atoms with Crippen LogP contribution in [0.15, 0.2) is 66.7 Å². The highest BCUT2D eigenvalue weighted by Crippen LogP contribution is 2.28. The second kappa shape index (κ2) is 9.98. The molecule has 0 spiro atoms. The summed E-state index contributed by atoms with van der Waals surface area (Å²) >= 11 is 0. The Balaban J connectivity index is 1.61. The number of benzene rings is 3. The normalized spacial score (nSPS) is 10.7. The van der Waals surface area contributed by atoms with Crippen molar-refractivity contribution in [3.05, 3.63) is 77.9 Å². The summed E-state index contributed by atoms with van der Waals surface area (Å²) in [7, 11) is 1.67. The van der Waals surface area contributed by atoms with E-state index in [0.29, 0.717) is 11.6 Å². The zero-order valence-corrected chi connectivity index (χ0v) is 18.5. The van der Waals surface area contributed by atoms with E-state index in [2.05, 4.69) is 40.3 Å². The van der Waals surface area contributed by atoms with Gasteiger partial charge in [-0.3, -0.25) is 0 Å². The Hall–Kier alpha value is -3.84. The number of anilines is 4. The maximum absolute atomic E-state index is 5.53. The van der Waals surface area contributed by atoms with Crippen molar-refractivity contribution in [2.75, 3.05) is 23.4 Å². The molecule has 4 aromatic rings. The summed E-state index contributed by atoms with van der Waals surface area (Å²) in [6, 6.07) is 21.7. The molecular weight excluding hydrogens is 402 g/mol. The Labute approximate surface area is 187 Å². The third kappa shape index (κ3) is 5.25. The molecule has 4 rings (SSSR count). The predicted molar refractivity (Wildman–Crippen MR) is 129 cm³/mol. The van der Waals surface area contributed by atoms with Crippen LogP contribution in [-0.4, -0.2) is 17.1 Å². The Kier molecular flexibility index (Phi) is 6.67. The first-order valence-corrected chi connectivity index (χ1v) is 10.6. The molecule has 7 heteroatoms. The molecule has 0 atom stereocenters. The van der Waals surface area contributed by atoms with Crippen molar-refractivity contribution < 1.29 is 9.68 Å². The lowest BCUT2D eigenvalue weighted by atomic mass is 10.1. The maximum atomic E-state index is 5.53. The molecule has 0 bridgehead atoms. The van der Waals surface area contributed by atoms with E-state index in [1.54, 1.807) is 7.11 Å². The number of nitrogens with one attached hydrogen (secondary N) is 3. The smallest absolute Gasteiger partial charge is 0.196 e. The van der Waals surface area contributed by atoms with Gasteiger partial charge in [0.2, 0.25) is 0 Å². The Morgan fingerprint density at radius 1 is 0.812 bits per heavy atom. The third-order valence-corrected chi connectivity index (χ3v) is 4.91. The molecule has 0 amide bonds. The van der Waals surface area contributed by atoms with E-state index < -0.39 is 0 Å². The minimum absolute atomic E-state index is 0.462. The molecule has 0 radical (unpaired) electrons. The average Bonchev–Trinajstić information content (AvgIpc) is 2.79. The lowest BCUT2D eigenvalue weighted by Gasteiger charge is -2.15. The highest BCUT2D eigenvalue weighted by Gasteiger charge is 2.11. The van der Waals surface area contributed by atoms with Gasteiger partial charge in [-0.2, -0.15) is 4.94 Å². The summed E-state index contributed by atoms with van der Waals surface area (Å²) in [5, 5.41) is 3.37. The number of para-hydroxylation sites is 2. The van der Waals surface area contributed by atoms with Crippen LogP contribution in [0.25, 0.3) is 11.0 Å². The Morgan fingerprint density at radius 2 is 1.59 bits per heavy atom. The van der Waals surface area contributed by atoms with Crippen LogP contribution in [0.3, 0.4) is 0 Å². The zero-order chi connectivity index (χ0) is 22.3. The molecule has 0 aliphatic heterocycles. The first kappa shape index (κ1) is 21.4. The van der Waals surface area contributed by atoms with E-state index in [0.717, 1.165) is 46.6 Å². The van der Waals surface area contributed by atoms with Gasteiger partial charge in [-0.15, -0.1) is 0 Å². The average molecular weight is 430 g/mol. The SMILES string of the molecule is CCCc1cc(Nc2nc3ccccc3nc2NONc2cccc(C)c2)cc(OC)c1. The summed E-state index contributed by atoms with van der Waals surface area (Å²) in [5.74, 6) is 1.80. The molecule has 0 saturated heterocycles. The number of hydrogen-bond acceptors (Lipinski definition) is 7. The molecule has 1 aromatic heterocycles. The van der Waals surface area contributed by atoms with Gasteiger partial charge in [0.05, 0.1) is 23.8 Å². The van der Waals surface area contributed by atoms with Crippen LogP contribution in [0.1, 0.15) is 24.5 Å². The lowest BCUT2D eigenvalue weighted by molar-refractivity contribution is 0.263. The molecule has 0 aliphatic rings. The van der Waals surface area contributed by atoms with Crippen LogP contribution in [0, 0.1) is 6.92 Å². The molecule has 3 aromatic carbocycles. The van der Waals surface area contributed by atoms with Crippen LogP contribution >= 0.6 is 0 Å². The first-order chi connectivity index (χ1) is 15.6. The predicted octanol–water partition coefficient (Wildman–Crippen LogP) is 6.01. The van der Waals surface area contributed by atoms with Gasteiger partial charge >= 0.3 is 0 Å². The third-order valence-electron chi connectivity index (χ3n) is 4.91. The molecule has 164 valence electrons. The van der Waals surface area contributed by atoms with Crippen molar-refractivity contribution in [2.45, 2.75) is 26.7 Å². The number of ether oxygens (including phenoxy) is 1. The number of aromatic nitrogens is 2. The van der Waals surface area contributed by atoms with Gasteiger partial charge in [0, 0.05) is 11.8 Å². The molecule has 1 heterocycles. The van der Waals surface area contributed by atoms with Crippen molar-refractivity contribution in [1.82, 2.24) is 9.97 Å². The van der Waals surface area contributed by atoms with Crippen LogP contribution in [0.5, 0.6) is 5.75 Å². The van der Waals surface area contributed by atoms with Gasteiger partial charge in [0.1, 0.15) is 5.75 Å². The van der Waals surface area contributed by atoms with Crippen molar-refractivity contribution in [1.29, 1.82) is 0 Å². The topological polar surface area (TPSA) is 80.3 Å². The van der Waals surface area contributed by atoms with Gasteiger partial charge in [-0.1, -0.05) is 37.6 Å². The molecule has 0 aliphatic carbocycles. The van der Waals surface area contributed by atoms with Crippen LogP contribution in [0.4, 0.5) is 23.0 Å². The van der Waals surface area contributed by atoms with Gasteiger partial charge in [0.25, 0.3) is 0 Å². The molecular formula is C25H27N5O2. The van der Waals surface area contributed by atoms with Crippen LogP contribution in [-0.2, 0) is 11.4 Å². The highest BCUT2D eigenvalue weighted by atomic mass is 16.8. The summed E-state index contributed by atoms with van der Waals surface area (Å²) in [6.45, 7) is 4.18. The van der Waals surface area contributed by atoms with Crippen molar-refractivity contribution in [3.63, 3.8) is 0 Å². The zero-order valence-electron chi connectivity index (χ0n) is 18.5. The summed E-state index contributed by atoms with van der Waals surface area (Å²) < 4.78 is 5.48. The monoisotopic (exact) mass is 429 g/mol. The van der Waals surface area contributed by atoms with Gasteiger partial charge in [-0.05, 0) is 60.9 Å². The fourth-order valence-electron chi connectivity index (χ4n) is 3.42. The van der Waals surface area contributed by atoms with Crippen LogP contribution < -0.4 is 21.0 Å². The maximum Gasteiger partial charge on any atom is 0.196 e. The second-order valence-electron chi connectivity index (χ2n) is 7.53. The quantitative estimate of drug-likeness (QED) is 0.281. The molecule has 3 N–H and O–H groups in total. The fourth-order valence-corrected chi connectivity index (χ4v) is 3.42. The van der Waals surface area contributed by atoms with Crippen molar-refractivity contribution in [2.24, 2.45) is 0 Å². The number of fused-ring (bicyclic) bond motifs is 1. The Bertz CT molecular complexity index is 1210. The second-order valence-corrected chi connectivity index (χ2v) is 7.53. The van der Waals surface area contributed by atoms with E-state index in [1.807, 2.05) is 61.5 Å². The number of methoxy groups -OCH3 is 1. The lowest BCUT2D eigenvalue weighted by Crippen LogP contribution is -2.12. The summed E-state index contributed by atoms with van der Waals surface area (Å²) in [6.07, 6.45) is 2.01. The number of rotatable bonds is 9. The highest BCUT2D eigenvalue weighted by molar-refractivity contribution is 5.81. The summed E-state index contributed by atoms with van der Waals surface area (Å²) in [5.41, 5.74) is 11.3. The van der Waals surface area contributed by atoms with Crippen molar-refractivity contribution in [3.8, 4) is 5.75 Å². The van der Waals surface area contributed by atoms with Gasteiger partial charge in [0.15, 0.2) is 11.6 Å². The number of hydrogen-bond donors (Lipinski definition) is 3. The minimum Gasteiger partial charge on any atom is -0.497 e. The molecule has 32 heavy (non-hydrogen) atoms. The Morgan fingerprint density at radius 3 is 2.31 bits per heavy atom. The molecule has 0 fully saturated rings. The van der Waals surface area contributed by atoms with E-state index in [4.69, 9.17) is 14.7 Å². The largest absolute Gasteiger partial charge is 0.497 e. The van der Waals surface area contributed by atoms with Gasteiger partial charge < -0.3 is 10.1 Å². The molecule has 0 saturated carbocycles. The number of nitrogens with zero attached hydrogens (tertiary/aromatic N) is 2. The summed E-state index contributed by atoms with van der Waals surface area (Å²) in [4.78, 5) is 15.0. The minimum atomic E-state index is 0.462. The van der Waals surface area contributed by atoms with Crippen molar-refractivity contribution >= 4 is 34.0 Å². The van der Waals surface area contributed by atoms with E-state index in [1.165, 1.54) is 5.56 Å². The first-order valence-electron chi connectivity index (χ1n) is 10.6. The number of aryl methyl sites for hydroxylation is 2. The van der Waals surface area contributed by atoms with Crippen LogP contribution in [0.2, 0.25) is 0 Å². The van der Waals surface area contributed by atoms with E-state index in [-0.39, 0.29) is 0 Å². The van der Waals surface area contributed by atoms with Gasteiger partial charge in [-0.25, -0.2) is 20.9 Å². The molecule has 0 unspecified atom stereocenters. The fraction of sp³-hybridized carbons (Fsp3) is 0.200. The standard InChI is InChI=1S/C25H27N5O2/c1-4-8-18-14-20(16-21(15-18)31-3)26-24-25(28-23-12-6-5-11-22(23)27-24)30-32-29-19-10-7-9-17(2)13-19/h5-7,9-16,29H,4,8H2,1-3H3,(H,26,27)(H,28,30).